The molecule has 0 aromatic carbocycles. The average Bonchev–Trinajstić information content (AvgIpc) is 2.46. The van der Waals surface area contributed by atoms with Crippen LogP contribution in [0.4, 0.5) is 0 Å². The Labute approximate surface area is 81.6 Å². The molecule has 0 spiro atoms. The van der Waals surface area contributed by atoms with Gasteiger partial charge in [0.2, 0.25) is 0 Å². The second-order valence-electron chi connectivity index (χ2n) is 3.41. The van der Waals surface area contributed by atoms with Gasteiger partial charge in [-0.05, 0) is 5.92 Å². The molecular formula is C9H11N3O2. The summed E-state index contributed by atoms with van der Waals surface area (Å²) in [7, 11) is 0. The van der Waals surface area contributed by atoms with Crippen LogP contribution < -0.4 is 0 Å². The smallest absolute Gasteiger partial charge is 0.356 e. The average molecular weight is 193 g/mol. The van der Waals surface area contributed by atoms with Gasteiger partial charge in [-0.2, -0.15) is 10.4 Å². The van der Waals surface area contributed by atoms with Gasteiger partial charge in [0.1, 0.15) is 11.8 Å². The third kappa shape index (κ3) is 2.10. The summed E-state index contributed by atoms with van der Waals surface area (Å²) in [5, 5.41) is 21.2. The third-order valence-corrected chi connectivity index (χ3v) is 1.65. The molecule has 1 rings (SSSR count). The quantitative estimate of drug-likeness (QED) is 0.779. The molecule has 0 fully saturated rings. The van der Waals surface area contributed by atoms with E-state index in [-0.39, 0.29) is 11.4 Å². The van der Waals surface area contributed by atoms with Crippen molar-refractivity contribution < 1.29 is 9.90 Å². The van der Waals surface area contributed by atoms with Crippen LogP contribution in [0, 0.1) is 17.2 Å². The predicted octanol–water partition coefficient (Wildman–Crippen LogP) is 1.11. The molecule has 0 unspecified atom stereocenters. The van der Waals surface area contributed by atoms with Crippen LogP contribution in [0.3, 0.4) is 0 Å². The van der Waals surface area contributed by atoms with Crippen LogP contribution in [0.25, 0.3) is 0 Å². The van der Waals surface area contributed by atoms with Gasteiger partial charge in [-0.3, -0.25) is 4.68 Å². The Morgan fingerprint density at radius 1 is 1.79 bits per heavy atom. The molecular weight excluding hydrogens is 182 g/mol. The maximum atomic E-state index is 10.6. The van der Waals surface area contributed by atoms with Crippen molar-refractivity contribution in [2.24, 2.45) is 5.92 Å². The Balaban J connectivity index is 3.04. The Bertz CT molecular complexity index is 387. The summed E-state index contributed by atoms with van der Waals surface area (Å²) >= 11 is 0. The number of hydrogen-bond acceptors (Lipinski definition) is 3. The number of carbonyl (C=O) groups is 1. The summed E-state index contributed by atoms with van der Waals surface area (Å²) < 4.78 is 1.42. The molecule has 14 heavy (non-hydrogen) atoms. The maximum absolute atomic E-state index is 10.6. The van der Waals surface area contributed by atoms with Crippen molar-refractivity contribution in [3.05, 3.63) is 17.5 Å². The molecule has 0 saturated carbocycles. The number of aromatic nitrogens is 2. The fourth-order valence-electron chi connectivity index (χ4n) is 1.10. The Hall–Kier alpha value is -1.83. The zero-order valence-electron chi connectivity index (χ0n) is 8.06. The van der Waals surface area contributed by atoms with Crippen LogP contribution in [0.1, 0.15) is 30.0 Å². The monoisotopic (exact) mass is 193 g/mol. The van der Waals surface area contributed by atoms with E-state index in [0.717, 1.165) is 0 Å². The van der Waals surface area contributed by atoms with E-state index in [2.05, 4.69) is 5.10 Å². The first-order valence-electron chi connectivity index (χ1n) is 4.26. The lowest BCUT2D eigenvalue weighted by Crippen LogP contribution is -2.09. The van der Waals surface area contributed by atoms with E-state index in [4.69, 9.17) is 10.4 Å². The van der Waals surface area contributed by atoms with Crippen molar-refractivity contribution in [3.8, 4) is 6.07 Å². The van der Waals surface area contributed by atoms with Crippen molar-refractivity contribution in [2.45, 2.75) is 20.4 Å². The molecule has 5 heteroatoms. The lowest BCUT2D eigenvalue weighted by atomic mass is 10.2. The van der Waals surface area contributed by atoms with E-state index < -0.39 is 5.97 Å². The molecule has 0 aliphatic carbocycles. The topological polar surface area (TPSA) is 78.9 Å². The van der Waals surface area contributed by atoms with Crippen LogP contribution in [-0.2, 0) is 6.54 Å². The van der Waals surface area contributed by atoms with E-state index >= 15 is 0 Å². The summed E-state index contributed by atoms with van der Waals surface area (Å²) in [6.07, 6.45) is 0. The van der Waals surface area contributed by atoms with Gasteiger partial charge in [-0.1, -0.05) is 13.8 Å². The highest BCUT2D eigenvalue weighted by molar-refractivity contribution is 5.85. The number of aromatic carboxylic acids is 1. The van der Waals surface area contributed by atoms with Gasteiger partial charge in [0.05, 0.1) is 0 Å². The fraction of sp³-hybridized carbons (Fsp3) is 0.444. The first kappa shape index (κ1) is 10.3. The lowest BCUT2D eigenvalue weighted by Gasteiger charge is -2.04. The highest BCUT2D eigenvalue weighted by atomic mass is 16.4. The Kier molecular flexibility index (Phi) is 2.87. The summed E-state index contributed by atoms with van der Waals surface area (Å²) in [6, 6.07) is 3.20. The highest BCUT2D eigenvalue weighted by Crippen LogP contribution is 2.06. The molecule has 0 radical (unpaired) electrons. The molecule has 0 bridgehead atoms. The van der Waals surface area contributed by atoms with Crippen molar-refractivity contribution in [1.82, 2.24) is 9.78 Å². The van der Waals surface area contributed by atoms with E-state index in [1.54, 1.807) is 0 Å². The SMILES string of the molecule is CC(C)Cn1nc(C(=O)O)cc1C#N. The number of rotatable bonds is 3. The van der Waals surface area contributed by atoms with Gasteiger partial charge in [-0.15, -0.1) is 0 Å². The summed E-state index contributed by atoms with van der Waals surface area (Å²) in [5.74, 6) is -0.785. The number of nitriles is 1. The minimum absolute atomic E-state index is 0.0813. The largest absolute Gasteiger partial charge is 0.476 e. The molecule has 1 N–H and O–H groups in total. The molecule has 5 nitrogen and oxygen atoms in total. The van der Waals surface area contributed by atoms with Crippen LogP contribution in [0.2, 0.25) is 0 Å². The molecule has 0 amide bonds. The van der Waals surface area contributed by atoms with Gasteiger partial charge in [0, 0.05) is 12.6 Å². The standard InChI is InChI=1S/C9H11N3O2/c1-6(2)5-12-7(4-10)3-8(11-12)9(13)14/h3,6H,5H2,1-2H3,(H,13,14). The van der Waals surface area contributed by atoms with E-state index in [0.29, 0.717) is 12.5 Å². The normalized spacial score (nSPS) is 10.1. The van der Waals surface area contributed by atoms with Crippen molar-refractivity contribution in [3.63, 3.8) is 0 Å². The number of hydrogen-bond donors (Lipinski definition) is 1. The van der Waals surface area contributed by atoms with Crippen molar-refractivity contribution in [1.29, 1.82) is 5.26 Å². The van der Waals surface area contributed by atoms with Gasteiger partial charge in [0.15, 0.2) is 5.69 Å². The molecule has 0 saturated heterocycles. The summed E-state index contributed by atoms with van der Waals surface area (Å²) in [5.41, 5.74) is 0.207. The molecule has 0 atom stereocenters. The molecule has 1 aromatic rings. The first-order valence-corrected chi connectivity index (χ1v) is 4.26. The van der Waals surface area contributed by atoms with Crippen LogP contribution >= 0.6 is 0 Å². The van der Waals surface area contributed by atoms with Gasteiger partial charge < -0.3 is 5.11 Å². The molecule has 0 aliphatic rings. The first-order chi connectivity index (χ1) is 6.54. The molecule has 0 aliphatic heterocycles. The zero-order chi connectivity index (χ0) is 10.7. The van der Waals surface area contributed by atoms with Crippen LogP contribution in [0.5, 0.6) is 0 Å². The van der Waals surface area contributed by atoms with Gasteiger partial charge in [-0.25, -0.2) is 4.79 Å². The lowest BCUT2D eigenvalue weighted by molar-refractivity contribution is 0.0689. The van der Waals surface area contributed by atoms with Gasteiger partial charge in [0.25, 0.3) is 0 Å². The molecule has 1 heterocycles. The third-order valence-electron chi connectivity index (χ3n) is 1.65. The maximum Gasteiger partial charge on any atom is 0.356 e. The minimum Gasteiger partial charge on any atom is -0.476 e. The number of nitrogens with zero attached hydrogens (tertiary/aromatic N) is 3. The zero-order valence-corrected chi connectivity index (χ0v) is 8.06. The minimum atomic E-state index is -1.11. The van der Waals surface area contributed by atoms with E-state index in [1.165, 1.54) is 10.7 Å². The number of carboxylic acid groups (broad SMARTS) is 1. The molecule has 1 aromatic heterocycles. The van der Waals surface area contributed by atoms with Crippen LogP contribution in [0.15, 0.2) is 6.07 Å². The predicted molar refractivity (Wildman–Crippen MR) is 48.7 cm³/mol. The van der Waals surface area contributed by atoms with E-state index in [1.807, 2.05) is 19.9 Å². The number of carboxylic acids is 1. The molecule has 74 valence electrons. The summed E-state index contributed by atoms with van der Waals surface area (Å²) in [6.45, 7) is 4.50. The Morgan fingerprint density at radius 2 is 2.43 bits per heavy atom. The van der Waals surface area contributed by atoms with Gasteiger partial charge >= 0.3 is 5.97 Å². The fourth-order valence-corrected chi connectivity index (χ4v) is 1.10. The van der Waals surface area contributed by atoms with E-state index in [9.17, 15) is 4.79 Å². The van der Waals surface area contributed by atoms with Crippen molar-refractivity contribution in [2.75, 3.05) is 0 Å². The van der Waals surface area contributed by atoms with Crippen LogP contribution in [-0.4, -0.2) is 20.9 Å². The summed E-state index contributed by atoms with van der Waals surface area (Å²) in [4.78, 5) is 10.6. The second kappa shape index (κ2) is 3.92. The Morgan fingerprint density at radius 3 is 2.86 bits per heavy atom. The van der Waals surface area contributed by atoms with Crippen molar-refractivity contribution >= 4 is 5.97 Å². The second-order valence-corrected chi connectivity index (χ2v) is 3.41. The highest BCUT2D eigenvalue weighted by Gasteiger charge is 2.13.